The maximum atomic E-state index is 14.4. The average Bonchev–Trinajstić information content (AvgIpc) is 3.68. The molecule has 2 aromatic carbocycles. The van der Waals surface area contributed by atoms with E-state index in [1.165, 1.54) is 12.7 Å². The van der Waals surface area contributed by atoms with Gasteiger partial charge in [-0.1, -0.05) is 143 Å². The van der Waals surface area contributed by atoms with Gasteiger partial charge in [0.25, 0.3) is 0 Å². The highest BCUT2D eigenvalue weighted by atomic mass is 16.7. The van der Waals surface area contributed by atoms with Gasteiger partial charge in [0.15, 0.2) is 12.2 Å². The zero-order chi connectivity index (χ0) is 60.1. The van der Waals surface area contributed by atoms with E-state index in [-0.39, 0.29) is 61.3 Å². The predicted molar refractivity (Wildman–Crippen MR) is 314 cm³/mol. The fourth-order valence-corrected chi connectivity index (χ4v) is 11.7. The number of carbonyl (C=O) groups is 6. The molecule has 0 aromatic heterocycles. The lowest BCUT2D eigenvalue weighted by molar-refractivity contribution is -0.321. The van der Waals surface area contributed by atoms with Crippen molar-refractivity contribution in [2.24, 2.45) is 23.7 Å². The molecule has 5 rings (SSSR count). The quantitative estimate of drug-likeness (QED) is 0.0427. The Morgan fingerprint density at radius 3 is 1.48 bits per heavy atom. The summed E-state index contributed by atoms with van der Waals surface area (Å²) in [5, 5.41) is 3.76. The standard InChI is InChI=1S/C38H60N2O9.C27H43NO4/c1-9-12-21-47-34(42)30(25-27(4)29-16-14-13-15-17-29)32(35(43)45-8)33(36(44)48-24-20-39-18-22-46-23-19-39)49-40-37(6,10-2)26-31(41)28(5)38(40,7)11-3;1-8-11-17-31-25(30)24(18-20(4)22-15-13-12-14-16-22)32-28-26(6,9-2)19-23(29)21(5)27(28,7)10-3/h13-17,27-28,30,32-33H,9-12,18-26H2,1-8H3;12-16,20-21,24H,8-11,17-19H2,1-7H3. The van der Waals surface area contributed by atoms with Gasteiger partial charge >= 0.3 is 23.9 Å². The van der Waals surface area contributed by atoms with Crippen LogP contribution >= 0.6 is 0 Å². The van der Waals surface area contributed by atoms with Gasteiger partial charge in [-0.2, -0.15) is 10.1 Å². The van der Waals surface area contributed by atoms with Crippen molar-refractivity contribution in [1.82, 2.24) is 15.0 Å². The maximum absolute atomic E-state index is 14.4. The molecule has 0 spiro atoms. The molecule has 81 heavy (non-hydrogen) atoms. The summed E-state index contributed by atoms with van der Waals surface area (Å²) < 4.78 is 28.1. The number of hydrogen-bond acceptors (Lipinski definition) is 16. The summed E-state index contributed by atoms with van der Waals surface area (Å²) in [6, 6.07) is 19.9. The molecule has 16 nitrogen and oxygen atoms in total. The van der Waals surface area contributed by atoms with Crippen molar-refractivity contribution in [2.75, 3.05) is 59.8 Å². The van der Waals surface area contributed by atoms with Gasteiger partial charge in [-0.05, 0) is 102 Å². The molecule has 456 valence electrons. The zero-order valence-electron chi connectivity index (χ0n) is 52.2. The highest BCUT2D eigenvalue weighted by Crippen LogP contribution is 2.47. The largest absolute Gasteiger partial charge is 0.469 e. The van der Waals surface area contributed by atoms with E-state index in [9.17, 15) is 28.8 Å². The lowest BCUT2D eigenvalue weighted by Crippen LogP contribution is -2.68. The third-order valence-corrected chi connectivity index (χ3v) is 18.4. The number of carbonyl (C=O) groups excluding carboxylic acids is 6. The third-order valence-electron chi connectivity index (χ3n) is 18.4. The fourth-order valence-electron chi connectivity index (χ4n) is 11.7. The molecule has 3 aliphatic rings. The molecule has 0 saturated carbocycles. The van der Waals surface area contributed by atoms with E-state index in [2.05, 4.69) is 58.6 Å². The van der Waals surface area contributed by atoms with E-state index in [0.29, 0.717) is 71.6 Å². The van der Waals surface area contributed by atoms with Crippen molar-refractivity contribution < 1.29 is 62.1 Å². The summed E-state index contributed by atoms with van der Waals surface area (Å²) >= 11 is 0. The Morgan fingerprint density at radius 2 is 1.04 bits per heavy atom. The van der Waals surface area contributed by atoms with E-state index < -0.39 is 70.0 Å². The maximum Gasteiger partial charge on any atom is 0.338 e. The van der Waals surface area contributed by atoms with Crippen molar-refractivity contribution in [1.29, 1.82) is 0 Å². The minimum absolute atomic E-state index is 0.0591. The first-order chi connectivity index (χ1) is 38.5. The van der Waals surface area contributed by atoms with Gasteiger partial charge in [0, 0.05) is 44.3 Å². The van der Waals surface area contributed by atoms with Crippen LogP contribution in [0.5, 0.6) is 0 Å². The summed E-state index contributed by atoms with van der Waals surface area (Å²) in [6.45, 7) is 31.9. The van der Waals surface area contributed by atoms with E-state index in [1.54, 1.807) is 5.06 Å². The van der Waals surface area contributed by atoms with E-state index >= 15 is 0 Å². The Labute approximate surface area is 486 Å². The van der Waals surface area contributed by atoms with E-state index in [0.717, 1.165) is 37.7 Å². The van der Waals surface area contributed by atoms with Gasteiger partial charge in [0.2, 0.25) is 0 Å². The first-order valence-electron chi connectivity index (χ1n) is 30.5. The number of esters is 4. The van der Waals surface area contributed by atoms with Gasteiger partial charge < -0.3 is 23.7 Å². The van der Waals surface area contributed by atoms with Crippen molar-refractivity contribution in [3.05, 3.63) is 71.8 Å². The first kappa shape index (κ1) is 68.9. The van der Waals surface area contributed by atoms with Crippen LogP contribution in [-0.4, -0.2) is 145 Å². The van der Waals surface area contributed by atoms with Gasteiger partial charge in [-0.15, -0.1) is 0 Å². The predicted octanol–water partition coefficient (Wildman–Crippen LogP) is 11.4. The minimum atomic E-state index is -1.55. The van der Waals surface area contributed by atoms with Crippen LogP contribution < -0.4 is 0 Å². The van der Waals surface area contributed by atoms with Crippen LogP contribution in [0.15, 0.2) is 60.7 Å². The number of ketones is 2. The second-order valence-electron chi connectivity index (χ2n) is 24.0. The number of piperidine rings is 2. The van der Waals surface area contributed by atoms with Crippen LogP contribution in [0.4, 0.5) is 0 Å². The smallest absolute Gasteiger partial charge is 0.338 e. The second-order valence-corrected chi connectivity index (χ2v) is 24.0. The van der Waals surface area contributed by atoms with E-state index in [1.807, 2.05) is 109 Å². The molecule has 3 saturated heterocycles. The first-order valence-corrected chi connectivity index (χ1v) is 30.5. The summed E-state index contributed by atoms with van der Waals surface area (Å²) in [5.41, 5.74) is -0.425. The van der Waals surface area contributed by atoms with Crippen LogP contribution in [-0.2, 0) is 62.1 Å². The number of hydrogen-bond donors (Lipinski definition) is 0. The van der Waals surface area contributed by atoms with E-state index in [4.69, 9.17) is 33.4 Å². The summed E-state index contributed by atoms with van der Waals surface area (Å²) in [5.74, 6) is -5.21. The number of hydroxylamine groups is 4. The Kier molecular flexibility index (Phi) is 27.6. The number of Topliss-reactive ketones (excluding diaryl/α,β-unsaturated/α-hetero) is 2. The SMILES string of the molecule is CCCCOC(=O)C(CC(C)c1ccccc1)C(C(=O)OC)C(ON1C(C)(CC)CC(=O)C(C)C1(C)CC)C(=O)OCCN1CCOCC1.CCCCOC(=O)C(CC(C)c1ccccc1)ON1C(C)(CC)CC(=O)C(C)C1(C)CC. The molecule has 3 aliphatic heterocycles. The van der Waals surface area contributed by atoms with Gasteiger partial charge in [0.1, 0.15) is 24.1 Å². The lowest BCUT2D eigenvalue weighted by Gasteiger charge is -2.56. The molecule has 16 heteroatoms. The highest BCUT2D eigenvalue weighted by Gasteiger charge is 2.58. The molecule has 0 radical (unpaired) electrons. The molecular formula is C65H103N3O13. The Bertz CT molecular complexity index is 2280. The number of nitrogens with zero attached hydrogens (tertiary/aromatic N) is 3. The number of morpholine rings is 1. The normalized spacial score (nSPS) is 26.9. The number of unbranched alkanes of at least 4 members (excludes halogenated alkanes) is 2. The number of rotatable bonds is 29. The van der Waals surface area contributed by atoms with Gasteiger partial charge in [-0.25, -0.2) is 9.59 Å². The van der Waals surface area contributed by atoms with Crippen molar-refractivity contribution in [2.45, 2.75) is 220 Å². The molecule has 0 amide bonds. The van der Waals surface area contributed by atoms with Gasteiger partial charge in [-0.3, -0.25) is 33.8 Å². The lowest BCUT2D eigenvalue weighted by atomic mass is 9.70. The Morgan fingerprint density at radius 1 is 0.593 bits per heavy atom. The Hall–Kier alpha value is -4.58. The van der Waals surface area contributed by atoms with Gasteiger partial charge in [0.05, 0.1) is 61.6 Å². The topological polar surface area (TPSA) is 177 Å². The zero-order valence-corrected chi connectivity index (χ0v) is 52.2. The summed E-state index contributed by atoms with van der Waals surface area (Å²) in [7, 11) is 1.24. The second kappa shape index (κ2) is 32.5. The number of methoxy groups -OCH3 is 1. The van der Waals surface area contributed by atoms with Crippen LogP contribution in [0.25, 0.3) is 0 Å². The molecule has 0 aliphatic carbocycles. The molecule has 12 unspecified atom stereocenters. The van der Waals surface area contributed by atoms with Crippen LogP contribution in [0.1, 0.15) is 197 Å². The fraction of sp³-hybridized carbons (Fsp3) is 0.723. The molecular weight excluding hydrogens is 1030 g/mol. The molecule has 3 heterocycles. The van der Waals surface area contributed by atoms with Crippen LogP contribution in [0, 0.1) is 23.7 Å². The molecule has 0 bridgehead atoms. The summed E-state index contributed by atoms with van der Waals surface area (Å²) in [6.07, 6.45) is 4.92. The van der Waals surface area contributed by atoms with Crippen molar-refractivity contribution >= 4 is 35.4 Å². The molecule has 3 fully saturated rings. The van der Waals surface area contributed by atoms with Crippen LogP contribution in [0.3, 0.4) is 0 Å². The molecule has 0 N–H and O–H groups in total. The molecule has 2 aromatic rings. The monoisotopic (exact) mass is 1130 g/mol. The van der Waals surface area contributed by atoms with Crippen molar-refractivity contribution in [3.8, 4) is 0 Å². The Balaban J connectivity index is 0.000000381. The van der Waals surface area contributed by atoms with Crippen molar-refractivity contribution in [3.63, 3.8) is 0 Å². The molecule has 12 atom stereocenters. The highest BCUT2D eigenvalue weighted by molar-refractivity contribution is 5.89. The third kappa shape index (κ3) is 17.7. The summed E-state index contributed by atoms with van der Waals surface area (Å²) in [4.78, 5) is 97.3. The average molecular weight is 1130 g/mol. The number of benzene rings is 2. The minimum Gasteiger partial charge on any atom is -0.469 e. The number of ether oxygens (including phenoxy) is 5. The van der Waals surface area contributed by atoms with Crippen LogP contribution in [0.2, 0.25) is 0 Å².